The van der Waals surface area contributed by atoms with E-state index in [2.05, 4.69) is 58.9 Å². The zero-order valence-electron chi connectivity index (χ0n) is 13.9. The van der Waals surface area contributed by atoms with Crippen molar-refractivity contribution in [1.29, 1.82) is 0 Å². The first-order valence-corrected chi connectivity index (χ1v) is 11.1. The third kappa shape index (κ3) is 3.12. The topological polar surface area (TPSA) is 25.8 Å². The van der Waals surface area contributed by atoms with E-state index >= 15 is 0 Å². The highest BCUT2D eigenvalue weighted by atomic mass is 32.2. The lowest BCUT2D eigenvalue weighted by atomic mass is 10.2. The first kappa shape index (κ1) is 16.8. The van der Waals surface area contributed by atoms with E-state index in [9.17, 15) is 0 Å². The number of hydrogen-bond acceptors (Lipinski definition) is 5. The number of hydrogen-bond donors (Lipinski definition) is 0. The third-order valence-corrected chi connectivity index (χ3v) is 7.05. The van der Waals surface area contributed by atoms with Gasteiger partial charge in [0.2, 0.25) is 0 Å². The molecule has 0 aliphatic heterocycles. The second-order valence-corrected chi connectivity index (χ2v) is 8.16. The second kappa shape index (κ2) is 7.28. The maximum absolute atomic E-state index is 4.66. The number of pyridine rings is 2. The Kier molecular flexibility index (Phi) is 4.88. The summed E-state index contributed by atoms with van der Waals surface area (Å²) in [4.78, 5) is 14.2. The molecule has 0 unspecified atom stereocenters. The molecule has 0 radical (unpaired) electrons. The van der Waals surface area contributed by atoms with Gasteiger partial charge in [-0.2, -0.15) is 0 Å². The number of rotatable bonds is 4. The fourth-order valence-electron chi connectivity index (χ4n) is 2.84. The zero-order valence-corrected chi connectivity index (χ0v) is 16.3. The molecule has 0 atom stereocenters. The van der Waals surface area contributed by atoms with Gasteiger partial charge in [0.25, 0.3) is 0 Å². The van der Waals surface area contributed by atoms with Crippen LogP contribution in [0.3, 0.4) is 0 Å². The summed E-state index contributed by atoms with van der Waals surface area (Å²) in [6, 6.07) is 16.7. The molecule has 25 heavy (non-hydrogen) atoms. The molecule has 4 aromatic rings. The molecule has 2 aromatic heterocycles. The van der Waals surface area contributed by atoms with Crippen LogP contribution in [0.4, 0.5) is 0 Å². The van der Waals surface area contributed by atoms with Crippen LogP contribution in [0.2, 0.25) is 0 Å². The van der Waals surface area contributed by atoms with Gasteiger partial charge in [-0.3, -0.25) is 9.97 Å². The van der Waals surface area contributed by atoms with Gasteiger partial charge in [-0.15, -0.1) is 23.5 Å². The lowest BCUT2D eigenvalue weighted by molar-refractivity contribution is 1.17. The standard InChI is InChI=1S/C20H16N2S3/c1-23-17-11-21-16-10-6-4-8-14(16)20(17)25-18-12-22-15-9-5-3-7-13(15)19(18)24-2/h3-12H,1-2H3. The van der Waals surface area contributed by atoms with E-state index in [1.54, 1.807) is 35.3 Å². The highest BCUT2D eigenvalue weighted by Gasteiger charge is 2.14. The van der Waals surface area contributed by atoms with E-state index in [1.165, 1.54) is 30.4 Å². The molecule has 2 nitrogen and oxygen atoms in total. The van der Waals surface area contributed by atoms with Gasteiger partial charge in [0.15, 0.2) is 0 Å². The van der Waals surface area contributed by atoms with Crippen molar-refractivity contribution in [3.05, 3.63) is 60.9 Å². The average Bonchev–Trinajstić information content (AvgIpc) is 2.68. The van der Waals surface area contributed by atoms with Gasteiger partial charge in [0.1, 0.15) is 0 Å². The number of thioether (sulfide) groups is 2. The van der Waals surface area contributed by atoms with Crippen LogP contribution in [0.1, 0.15) is 0 Å². The second-order valence-electron chi connectivity index (χ2n) is 5.45. The Morgan fingerprint density at radius 3 is 1.80 bits per heavy atom. The predicted molar refractivity (Wildman–Crippen MR) is 111 cm³/mol. The van der Waals surface area contributed by atoms with Crippen LogP contribution >= 0.6 is 35.3 Å². The Labute approximate surface area is 159 Å². The highest BCUT2D eigenvalue weighted by molar-refractivity contribution is 8.03. The predicted octanol–water partition coefficient (Wildman–Crippen LogP) is 6.38. The lowest BCUT2D eigenvalue weighted by Gasteiger charge is -2.13. The fraction of sp³-hybridized carbons (Fsp3) is 0.100. The Morgan fingerprint density at radius 2 is 1.20 bits per heavy atom. The smallest absolute Gasteiger partial charge is 0.0714 e. The summed E-state index contributed by atoms with van der Waals surface area (Å²) in [7, 11) is 0. The van der Waals surface area contributed by atoms with Crippen molar-refractivity contribution in [2.45, 2.75) is 19.6 Å². The average molecular weight is 381 g/mol. The molecule has 0 fully saturated rings. The van der Waals surface area contributed by atoms with Gasteiger partial charge >= 0.3 is 0 Å². The van der Waals surface area contributed by atoms with E-state index in [0.717, 1.165) is 11.0 Å². The first-order chi connectivity index (χ1) is 12.3. The Hall–Kier alpha value is -1.69. The Morgan fingerprint density at radius 1 is 0.640 bits per heavy atom. The first-order valence-electron chi connectivity index (χ1n) is 7.83. The van der Waals surface area contributed by atoms with Crippen molar-refractivity contribution in [3.63, 3.8) is 0 Å². The molecule has 0 bridgehead atoms. The van der Waals surface area contributed by atoms with E-state index in [4.69, 9.17) is 0 Å². The van der Waals surface area contributed by atoms with E-state index in [0.29, 0.717) is 0 Å². The highest BCUT2D eigenvalue weighted by Crippen LogP contribution is 2.43. The molecular formula is C20H16N2S3. The molecule has 5 heteroatoms. The van der Waals surface area contributed by atoms with Crippen molar-refractivity contribution < 1.29 is 0 Å². The molecule has 0 aliphatic carbocycles. The minimum Gasteiger partial charge on any atom is -0.255 e. The van der Waals surface area contributed by atoms with Crippen molar-refractivity contribution in [1.82, 2.24) is 9.97 Å². The van der Waals surface area contributed by atoms with Crippen LogP contribution in [0.15, 0.2) is 80.5 Å². The SMILES string of the molecule is CSc1cnc2ccccc2c1Sc1cnc2ccccc2c1SC. The quantitative estimate of drug-likeness (QED) is 0.383. The third-order valence-electron chi connectivity index (χ3n) is 4.02. The number of aromatic nitrogens is 2. The monoisotopic (exact) mass is 380 g/mol. The van der Waals surface area contributed by atoms with Crippen molar-refractivity contribution in [2.24, 2.45) is 0 Å². The molecular weight excluding hydrogens is 364 g/mol. The summed E-state index contributed by atoms with van der Waals surface area (Å²) in [5.74, 6) is 0. The molecule has 0 saturated heterocycles. The van der Waals surface area contributed by atoms with Crippen LogP contribution in [0.25, 0.3) is 21.8 Å². The maximum Gasteiger partial charge on any atom is 0.0714 e. The number of nitrogens with zero attached hydrogens (tertiary/aromatic N) is 2. The summed E-state index contributed by atoms with van der Waals surface area (Å²) >= 11 is 5.31. The summed E-state index contributed by atoms with van der Waals surface area (Å²) in [5.41, 5.74) is 2.07. The van der Waals surface area contributed by atoms with Crippen LogP contribution in [-0.2, 0) is 0 Å². The number of benzene rings is 2. The molecule has 0 saturated carbocycles. The lowest BCUT2D eigenvalue weighted by Crippen LogP contribution is -1.89. The fourth-order valence-corrected chi connectivity index (χ4v) is 5.65. The molecule has 2 heterocycles. The Bertz CT molecular complexity index is 1060. The molecule has 0 N–H and O–H groups in total. The van der Waals surface area contributed by atoms with Crippen molar-refractivity contribution in [3.8, 4) is 0 Å². The molecule has 2 aromatic carbocycles. The maximum atomic E-state index is 4.66. The van der Waals surface area contributed by atoms with Gasteiger partial charge < -0.3 is 0 Å². The molecule has 0 aliphatic rings. The van der Waals surface area contributed by atoms with Gasteiger partial charge in [-0.1, -0.05) is 48.2 Å². The van der Waals surface area contributed by atoms with Gasteiger partial charge in [0, 0.05) is 42.7 Å². The van der Waals surface area contributed by atoms with Gasteiger partial charge in [-0.25, -0.2) is 0 Å². The number of para-hydroxylation sites is 2. The summed E-state index contributed by atoms with van der Waals surface area (Å²) in [6.07, 6.45) is 8.21. The minimum atomic E-state index is 1.03. The Balaban J connectivity index is 1.91. The number of fused-ring (bicyclic) bond motifs is 2. The van der Waals surface area contributed by atoms with Crippen LogP contribution in [0, 0.1) is 0 Å². The van der Waals surface area contributed by atoms with Crippen LogP contribution in [0.5, 0.6) is 0 Å². The van der Waals surface area contributed by atoms with E-state index < -0.39 is 0 Å². The summed E-state index contributed by atoms with van der Waals surface area (Å²) in [6.45, 7) is 0. The van der Waals surface area contributed by atoms with Crippen molar-refractivity contribution >= 4 is 57.1 Å². The van der Waals surface area contributed by atoms with Gasteiger partial charge in [0.05, 0.1) is 11.0 Å². The zero-order chi connectivity index (χ0) is 17.2. The molecule has 4 rings (SSSR count). The van der Waals surface area contributed by atoms with Gasteiger partial charge in [-0.05, 0) is 24.6 Å². The van der Waals surface area contributed by atoms with E-state index in [1.807, 2.05) is 24.5 Å². The van der Waals surface area contributed by atoms with Crippen LogP contribution in [-0.4, -0.2) is 22.5 Å². The minimum absolute atomic E-state index is 1.03. The molecule has 0 amide bonds. The van der Waals surface area contributed by atoms with Crippen molar-refractivity contribution in [2.75, 3.05) is 12.5 Å². The molecule has 0 spiro atoms. The summed E-state index contributed by atoms with van der Waals surface area (Å²) in [5, 5.41) is 2.41. The molecule has 124 valence electrons. The normalized spacial score (nSPS) is 11.3. The largest absolute Gasteiger partial charge is 0.255 e. The van der Waals surface area contributed by atoms with Crippen LogP contribution < -0.4 is 0 Å². The van der Waals surface area contributed by atoms with E-state index in [-0.39, 0.29) is 0 Å². The summed E-state index contributed by atoms with van der Waals surface area (Å²) < 4.78 is 0.